The smallest absolute Gasteiger partial charge is 0.408 e. The van der Waals surface area contributed by atoms with Crippen molar-refractivity contribution in [2.75, 3.05) is 40.1 Å². The zero-order chi connectivity index (χ0) is 61.1. The van der Waals surface area contributed by atoms with Gasteiger partial charge in [0.05, 0.1) is 52.8 Å². The fraction of sp³-hybridized carbons (Fsp3) is 0.525. The van der Waals surface area contributed by atoms with E-state index in [1.807, 2.05) is 114 Å². The van der Waals surface area contributed by atoms with Gasteiger partial charge in [-0.15, -0.1) is 0 Å². The van der Waals surface area contributed by atoms with Crippen LogP contribution in [-0.2, 0) is 59.4 Å². The lowest BCUT2D eigenvalue weighted by Crippen LogP contribution is -2.61. The molecule has 10 N–H and O–H groups in total. The number of hydrogen-bond donors (Lipinski definition) is 9. The Hall–Kier alpha value is -7.65. The van der Waals surface area contributed by atoms with Crippen LogP contribution in [0, 0.1) is 11.8 Å². The molecule has 448 valence electrons. The van der Waals surface area contributed by atoms with E-state index in [4.69, 9.17) is 15.6 Å². The predicted molar refractivity (Wildman–Crippen MR) is 321 cm³/mol. The zero-order valence-corrected chi connectivity index (χ0v) is 50.5. The number of nitrogens with one attached hydrogen (secondary N) is 7. The van der Waals surface area contributed by atoms with E-state index in [0.717, 1.165) is 39.6 Å². The molecule has 2 aromatic carbocycles. The van der Waals surface area contributed by atoms with Gasteiger partial charge < -0.3 is 62.6 Å². The summed E-state index contributed by atoms with van der Waals surface area (Å²) in [5, 5.41) is 28.2. The van der Waals surface area contributed by atoms with E-state index in [2.05, 4.69) is 47.2 Å². The first-order valence-corrected chi connectivity index (χ1v) is 28.3. The number of aliphatic hydroxyl groups is 1. The van der Waals surface area contributed by atoms with Crippen LogP contribution in [0.2, 0.25) is 0 Å². The number of pyridine rings is 2. The summed E-state index contributed by atoms with van der Waals surface area (Å²) in [5.74, 6) is -2.13. The van der Waals surface area contributed by atoms with E-state index in [9.17, 15) is 33.6 Å². The SMILES string of the molecule is CCNc1cccc2c1N(Cc1ccccn1)C(=O)C(NC(=O)[C@@H](CC(C)C)NC(=O)C(C)(C)N)C2.CCNc1cccc2c1N(Cc1ccccn1)C(=O)C(NC(=O)[C@@H](CC(C)C)NC(=O)C(C)(C)NC(=O)OC(C)(C)C)C2.CCO. The number of aromatic nitrogens is 2. The first-order valence-electron chi connectivity index (χ1n) is 28.3. The molecule has 0 radical (unpaired) electrons. The van der Waals surface area contributed by atoms with E-state index in [0.29, 0.717) is 44.5 Å². The van der Waals surface area contributed by atoms with Gasteiger partial charge in [-0.2, -0.15) is 0 Å². The average Bonchev–Trinajstić information content (AvgIpc) is 3.36. The fourth-order valence-electron chi connectivity index (χ4n) is 9.12. The molecule has 7 amide bonds. The average molecular weight is 1140 g/mol. The Morgan fingerprint density at radius 3 is 1.38 bits per heavy atom. The lowest BCUT2D eigenvalue weighted by molar-refractivity contribution is -0.133. The Morgan fingerprint density at radius 2 is 1.04 bits per heavy atom. The summed E-state index contributed by atoms with van der Waals surface area (Å²) in [6.45, 7) is 27.1. The molecule has 2 unspecified atom stereocenters. The molecular formula is C61H90N12O9. The van der Waals surface area contributed by atoms with Crippen LogP contribution in [-0.4, -0.2) is 117 Å². The number of nitrogens with two attached hydrogens (primary N) is 1. The number of carbonyl (C=O) groups is 7. The number of benzene rings is 2. The second-order valence-electron chi connectivity index (χ2n) is 23.3. The van der Waals surface area contributed by atoms with Crippen LogP contribution >= 0.6 is 0 Å². The third-order valence-corrected chi connectivity index (χ3v) is 12.8. The van der Waals surface area contributed by atoms with Crippen molar-refractivity contribution < 1.29 is 43.4 Å². The van der Waals surface area contributed by atoms with Gasteiger partial charge in [0.1, 0.15) is 35.3 Å². The topological polar surface area (TPSA) is 291 Å². The molecule has 0 bridgehead atoms. The highest BCUT2D eigenvalue weighted by atomic mass is 16.6. The van der Waals surface area contributed by atoms with Gasteiger partial charge in [0, 0.05) is 44.9 Å². The number of nitrogens with zero attached hydrogens (tertiary/aromatic N) is 4. The number of ether oxygens (including phenoxy) is 1. The van der Waals surface area contributed by atoms with Gasteiger partial charge in [-0.05, 0) is 141 Å². The van der Waals surface area contributed by atoms with Crippen molar-refractivity contribution in [2.45, 2.75) is 177 Å². The van der Waals surface area contributed by atoms with Gasteiger partial charge in [0.15, 0.2) is 0 Å². The molecule has 0 saturated heterocycles. The monoisotopic (exact) mass is 1130 g/mol. The summed E-state index contributed by atoms with van der Waals surface area (Å²) < 4.78 is 5.30. The highest BCUT2D eigenvalue weighted by Crippen LogP contribution is 2.38. The molecule has 4 aromatic rings. The quantitative estimate of drug-likeness (QED) is 0.0444. The molecule has 0 saturated carbocycles. The van der Waals surface area contributed by atoms with E-state index < -0.39 is 70.6 Å². The maximum Gasteiger partial charge on any atom is 0.408 e. The Balaban J connectivity index is 0.000000341. The number of hydrogen-bond acceptors (Lipinski definition) is 14. The van der Waals surface area contributed by atoms with Crippen molar-refractivity contribution >= 4 is 64.3 Å². The number of amides is 7. The lowest BCUT2D eigenvalue weighted by Gasteiger charge is -2.36. The number of carbonyl (C=O) groups excluding carboxylic acids is 7. The summed E-state index contributed by atoms with van der Waals surface area (Å²) in [7, 11) is 0. The van der Waals surface area contributed by atoms with Crippen LogP contribution in [0.15, 0.2) is 85.2 Å². The van der Waals surface area contributed by atoms with Crippen molar-refractivity contribution in [1.29, 1.82) is 0 Å². The number of fused-ring (bicyclic) bond motifs is 2. The molecule has 21 heteroatoms. The zero-order valence-electron chi connectivity index (χ0n) is 50.5. The van der Waals surface area contributed by atoms with Crippen LogP contribution in [0.5, 0.6) is 0 Å². The number of alkyl carbamates (subject to hydrolysis) is 1. The highest BCUT2D eigenvalue weighted by Gasteiger charge is 2.41. The molecule has 0 fully saturated rings. The molecule has 82 heavy (non-hydrogen) atoms. The highest BCUT2D eigenvalue weighted by molar-refractivity contribution is 6.06. The number of anilines is 4. The van der Waals surface area contributed by atoms with Crippen LogP contribution in [0.4, 0.5) is 27.5 Å². The number of rotatable bonds is 21. The molecule has 2 aliphatic rings. The summed E-state index contributed by atoms with van der Waals surface area (Å²) in [6.07, 6.45) is 4.03. The molecule has 4 heterocycles. The Bertz CT molecular complexity index is 2780. The van der Waals surface area contributed by atoms with E-state index >= 15 is 0 Å². The summed E-state index contributed by atoms with van der Waals surface area (Å²) in [6, 6.07) is 19.4. The van der Waals surface area contributed by atoms with Crippen molar-refractivity contribution in [2.24, 2.45) is 17.6 Å². The minimum absolute atomic E-state index is 0.0593. The van der Waals surface area contributed by atoms with Crippen molar-refractivity contribution in [1.82, 2.24) is 36.6 Å². The molecule has 0 spiro atoms. The van der Waals surface area contributed by atoms with Crippen LogP contribution in [0.1, 0.15) is 132 Å². The van der Waals surface area contributed by atoms with Gasteiger partial charge in [0.2, 0.25) is 35.4 Å². The molecule has 2 aliphatic heterocycles. The second kappa shape index (κ2) is 30.4. The third kappa shape index (κ3) is 19.8. The van der Waals surface area contributed by atoms with E-state index in [1.54, 1.807) is 63.7 Å². The van der Waals surface area contributed by atoms with Gasteiger partial charge >= 0.3 is 6.09 Å². The Labute approximate surface area is 484 Å². The maximum atomic E-state index is 14.0. The van der Waals surface area contributed by atoms with Crippen LogP contribution < -0.4 is 52.8 Å². The minimum atomic E-state index is -1.36. The number of aliphatic hydroxyl groups excluding tert-OH is 1. The Kier molecular flexibility index (Phi) is 24.8. The first-order chi connectivity index (χ1) is 38.5. The van der Waals surface area contributed by atoms with Gasteiger partial charge in [-0.25, -0.2) is 4.79 Å². The van der Waals surface area contributed by atoms with Crippen molar-refractivity contribution in [3.05, 3.63) is 108 Å². The predicted octanol–water partition coefficient (Wildman–Crippen LogP) is 6.28. The molecule has 4 atom stereocenters. The minimum Gasteiger partial charge on any atom is -0.444 e. The molecule has 2 aromatic heterocycles. The maximum absolute atomic E-state index is 14.0. The molecular weight excluding hydrogens is 1040 g/mol. The lowest BCUT2D eigenvalue weighted by atomic mass is 9.94. The van der Waals surface area contributed by atoms with Crippen molar-refractivity contribution in [3.8, 4) is 0 Å². The normalized spacial score (nSPS) is 15.7. The van der Waals surface area contributed by atoms with Crippen LogP contribution in [0.25, 0.3) is 0 Å². The van der Waals surface area contributed by atoms with Crippen molar-refractivity contribution in [3.63, 3.8) is 0 Å². The molecule has 0 aliphatic carbocycles. The van der Waals surface area contributed by atoms with E-state index in [1.165, 1.54) is 13.8 Å². The summed E-state index contributed by atoms with van der Waals surface area (Å²) >= 11 is 0. The fourth-order valence-corrected chi connectivity index (χ4v) is 9.12. The van der Waals surface area contributed by atoms with Gasteiger partial charge in [-0.1, -0.05) is 64.1 Å². The van der Waals surface area contributed by atoms with E-state index in [-0.39, 0.29) is 43.3 Å². The standard InChI is InChI=1S/C32H46N6O5.C27H38N6O3.C2H6O/c1-9-33-23-15-12-13-21-18-25(28(40)38(26(21)23)19-22-14-10-11-16-34-22)35-27(39)24(17-20(2)3)36-29(41)32(7,8)37-30(42)43-31(4,5)6;1-6-29-20-12-9-10-18-15-22(25(35)33(23(18)20)16-19-11-7-8-13-30-19)31-24(34)21(14-17(2)3)32-26(36)27(4,5)28;1-2-3/h10-16,20,24-25,33H,9,17-19H2,1-8H3,(H,35,39)(H,36,41)(H,37,42);7-13,17,21-22,29H,6,14-16,28H2,1-5H3,(H,31,34)(H,32,36);3H,2H2,1H3/t24-,25?;21-,22?;/m11./s1. The third-order valence-electron chi connectivity index (χ3n) is 12.8. The van der Waals surface area contributed by atoms with Gasteiger partial charge in [-0.3, -0.25) is 38.7 Å². The Morgan fingerprint density at radius 1 is 0.634 bits per heavy atom. The van der Waals surface area contributed by atoms with Gasteiger partial charge in [0.25, 0.3) is 0 Å². The summed E-state index contributed by atoms with van der Waals surface area (Å²) in [4.78, 5) is 105. The number of para-hydroxylation sites is 2. The molecule has 6 rings (SSSR count). The first kappa shape index (κ1) is 66.9. The summed E-state index contributed by atoms with van der Waals surface area (Å²) in [5.41, 5.74) is 9.28. The molecule has 21 nitrogen and oxygen atoms in total. The second-order valence-corrected chi connectivity index (χ2v) is 23.3. The van der Waals surface area contributed by atoms with Crippen LogP contribution in [0.3, 0.4) is 0 Å². The largest absolute Gasteiger partial charge is 0.444 e.